The minimum atomic E-state index is -0.420. The zero-order chi connectivity index (χ0) is 20.3. The van der Waals surface area contributed by atoms with Crippen LogP contribution in [0, 0.1) is 6.92 Å². The Morgan fingerprint density at radius 1 is 1.18 bits per heavy atom. The minimum absolute atomic E-state index is 0.00917. The van der Waals surface area contributed by atoms with E-state index in [-0.39, 0.29) is 17.9 Å². The van der Waals surface area contributed by atoms with Crippen molar-refractivity contribution in [1.29, 1.82) is 0 Å². The molecule has 1 aromatic heterocycles. The van der Waals surface area contributed by atoms with E-state index in [1.807, 2.05) is 38.1 Å². The number of aromatic hydroxyl groups is 1. The molecule has 1 atom stereocenters. The second-order valence-electron chi connectivity index (χ2n) is 7.16. The van der Waals surface area contributed by atoms with E-state index in [4.69, 9.17) is 11.6 Å². The third-order valence-corrected chi connectivity index (χ3v) is 5.84. The summed E-state index contributed by atoms with van der Waals surface area (Å²) in [4.78, 5) is 17.7. The van der Waals surface area contributed by atoms with Crippen molar-refractivity contribution in [3.05, 3.63) is 62.5 Å². The van der Waals surface area contributed by atoms with Crippen LogP contribution < -0.4 is 5.56 Å². The molecule has 3 rings (SSSR count). The van der Waals surface area contributed by atoms with Crippen molar-refractivity contribution in [2.75, 3.05) is 39.3 Å². The van der Waals surface area contributed by atoms with Gasteiger partial charge in [-0.3, -0.25) is 14.6 Å². The number of nitrogens with zero attached hydrogens (tertiary/aromatic N) is 3. The number of halogens is 1. The van der Waals surface area contributed by atoms with E-state index in [1.165, 1.54) is 0 Å². The molecule has 0 amide bonds. The van der Waals surface area contributed by atoms with E-state index in [0.29, 0.717) is 23.7 Å². The number of pyridine rings is 1. The molecule has 0 radical (unpaired) electrons. The quantitative estimate of drug-likeness (QED) is 0.771. The molecule has 2 aromatic rings. The highest BCUT2D eigenvalue weighted by atomic mass is 35.5. The molecule has 2 N–H and O–H groups in total. The maximum absolute atomic E-state index is 13.3. The lowest BCUT2D eigenvalue weighted by molar-refractivity contribution is 0.0932. The first-order chi connectivity index (χ1) is 13.5. The maximum atomic E-state index is 13.3. The molecule has 0 spiro atoms. The van der Waals surface area contributed by atoms with Gasteiger partial charge in [-0.1, -0.05) is 29.8 Å². The number of aryl methyl sites for hydroxylation is 1. The van der Waals surface area contributed by atoms with Gasteiger partial charge in [0.2, 0.25) is 0 Å². The Labute approximate surface area is 170 Å². The maximum Gasteiger partial charge on any atom is 0.259 e. The Morgan fingerprint density at radius 3 is 2.46 bits per heavy atom. The molecule has 28 heavy (non-hydrogen) atoms. The van der Waals surface area contributed by atoms with E-state index in [1.54, 1.807) is 10.6 Å². The predicted octanol–water partition coefficient (Wildman–Crippen LogP) is 2.23. The van der Waals surface area contributed by atoms with Gasteiger partial charge < -0.3 is 14.8 Å². The lowest BCUT2D eigenvalue weighted by Crippen LogP contribution is -2.49. The van der Waals surface area contributed by atoms with Gasteiger partial charge >= 0.3 is 0 Å². The number of aliphatic hydroxyl groups is 1. The van der Waals surface area contributed by atoms with Crippen molar-refractivity contribution in [2.24, 2.45) is 0 Å². The highest BCUT2D eigenvalue weighted by Gasteiger charge is 2.32. The Hall–Kier alpha value is -1.86. The summed E-state index contributed by atoms with van der Waals surface area (Å²) in [7, 11) is 0. The van der Waals surface area contributed by atoms with Crippen LogP contribution in [0.4, 0.5) is 0 Å². The number of β-amino-alcohol motifs (C(OH)–C–C–N with tert-alkyl or cyclic N) is 1. The van der Waals surface area contributed by atoms with Crippen molar-refractivity contribution in [3.8, 4) is 5.75 Å². The standard InChI is InChI=1S/C21H28ClN3O3/c1-3-25-15(2)14-18(27)19(21(25)28)20(16-6-4-5-7-17(16)22)24-10-8-23(9-11-24)12-13-26/h4-7,14,20,26-27H,3,8-13H2,1-2H3/t20-/m1/s1. The number of aliphatic hydroxyl groups excluding tert-OH is 1. The molecule has 152 valence electrons. The molecule has 7 heteroatoms. The van der Waals surface area contributed by atoms with Gasteiger partial charge in [-0.25, -0.2) is 0 Å². The molecule has 1 fully saturated rings. The van der Waals surface area contributed by atoms with Crippen LogP contribution in [0.3, 0.4) is 0 Å². The first-order valence-corrected chi connectivity index (χ1v) is 10.1. The second-order valence-corrected chi connectivity index (χ2v) is 7.57. The molecule has 6 nitrogen and oxygen atoms in total. The molecular formula is C21H28ClN3O3. The van der Waals surface area contributed by atoms with Crippen molar-refractivity contribution in [3.63, 3.8) is 0 Å². The number of rotatable bonds is 6. The van der Waals surface area contributed by atoms with E-state index < -0.39 is 6.04 Å². The van der Waals surface area contributed by atoms with Crippen molar-refractivity contribution < 1.29 is 10.2 Å². The average Bonchev–Trinajstić information content (AvgIpc) is 2.67. The Balaban J connectivity index is 2.09. The number of benzene rings is 1. The average molecular weight is 406 g/mol. The van der Waals surface area contributed by atoms with Crippen LogP contribution in [-0.4, -0.2) is 63.9 Å². The van der Waals surface area contributed by atoms with Gasteiger partial charge in [0.25, 0.3) is 5.56 Å². The highest BCUT2D eigenvalue weighted by Crippen LogP contribution is 2.36. The Morgan fingerprint density at radius 2 is 1.86 bits per heavy atom. The van der Waals surface area contributed by atoms with Crippen LogP contribution in [-0.2, 0) is 6.54 Å². The second kappa shape index (κ2) is 9.09. The van der Waals surface area contributed by atoms with Crippen LogP contribution in [0.15, 0.2) is 35.1 Å². The minimum Gasteiger partial charge on any atom is -0.507 e. The molecule has 2 heterocycles. The first kappa shape index (κ1) is 20.9. The summed E-state index contributed by atoms with van der Waals surface area (Å²) in [5, 5.41) is 20.5. The monoisotopic (exact) mass is 405 g/mol. The van der Waals surface area contributed by atoms with Crippen LogP contribution in [0.1, 0.15) is 29.8 Å². The summed E-state index contributed by atoms with van der Waals surface area (Å²) < 4.78 is 1.68. The molecular weight excluding hydrogens is 378 g/mol. The molecule has 1 aromatic carbocycles. The van der Waals surface area contributed by atoms with Crippen LogP contribution in [0.25, 0.3) is 0 Å². The summed E-state index contributed by atoms with van der Waals surface area (Å²) in [6.45, 7) is 8.07. The summed E-state index contributed by atoms with van der Waals surface area (Å²) in [5.41, 5.74) is 1.75. The van der Waals surface area contributed by atoms with Crippen LogP contribution in [0.2, 0.25) is 5.02 Å². The fourth-order valence-electron chi connectivity index (χ4n) is 4.04. The zero-order valence-electron chi connectivity index (χ0n) is 16.4. The van der Waals surface area contributed by atoms with Gasteiger partial charge in [-0.15, -0.1) is 0 Å². The van der Waals surface area contributed by atoms with E-state index in [2.05, 4.69) is 9.80 Å². The summed E-state index contributed by atoms with van der Waals surface area (Å²) in [6, 6.07) is 8.74. The fraction of sp³-hybridized carbons (Fsp3) is 0.476. The van der Waals surface area contributed by atoms with Gasteiger partial charge in [0.15, 0.2) is 0 Å². The molecule has 1 saturated heterocycles. The normalized spacial score (nSPS) is 17.0. The van der Waals surface area contributed by atoms with Crippen molar-refractivity contribution >= 4 is 11.6 Å². The van der Waals surface area contributed by atoms with Gasteiger partial charge in [0, 0.05) is 50.0 Å². The number of aromatic nitrogens is 1. The first-order valence-electron chi connectivity index (χ1n) is 9.72. The SMILES string of the molecule is CCn1c(C)cc(O)c([C@@H](c2ccccc2Cl)N2CCN(CCO)CC2)c1=O. The lowest BCUT2D eigenvalue weighted by atomic mass is 9.96. The number of hydrogen-bond acceptors (Lipinski definition) is 5. The molecule has 0 saturated carbocycles. The largest absolute Gasteiger partial charge is 0.507 e. The van der Waals surface area contributed by atoms with Gasteiger partial charge in [-0.2, -0.15) is 0 Å². The van der Waals surface area contributed by atoms with Gasteiger partial charge in [0.1, 0.15) is 5.75 Å². The predicted molar refractivity (Wildman–Crippen MR) is 111 cm³/mol. The topological polar surface area (TPSA) is 68.9 Å². The van der Waals surface area contributed by atoms with Crippen LogP contribution >= 0.6 is 11.6 Å². The molecule has 0 unspecified atom stereocenters. The molecule has 0 aliphatic carbocycles. The summed E-state index contributed by atoms with van der Waals surface area (Å²) in [5.74, 6) is 0.00917. The Kier molecular flexibility index (Phi) is 6.78. The number of piperazine rings is 1. The van der Waals surface area contributed by atoms with Crippen molar-refractivity contribution in [1.82, 2.24) is 14.4 Å². The third kappa shape index (κ3) is 4.10. The molecule has 1 aliphatic heterocycles. The van der Waals surface area contributed by atoms with Gasteiger partial charge in [0.05, 0.1) is 18.2 Å². The Bertz CT molecular complexity index is 876. The highest BCUT2D eigenvalue weighted by molar-refractivity contribution is 6.31. The fourth-order valence-corrected chi connectivity index (χ4v) is 4.28. The van der Waals surface area contributed by atoms with Crippen molar-refractivity contribution in [2.45, 2.75) is 26.4 Å². The van der Waals surface area contributed by atoms with E-state index in [9.17, 15) is 15.0 Å². The molecule has 0 bridgehead atoms. The number of hydrogen-bond donors (Lipinski definition) is 2. The summed E-state index contributed by atoms with van der Waals surface area (Å²) >= 11 is 6.52. The molecule has 1 aliphatic rings. The smallest absolute Gasteiger partial charge is 0.259 e. The summed E-state index contributed by atoms with van der Waals surface area (Å²) in [6.07, 6.45) is 0. The van der Waals surface area contributed by atoms with E-state index in [0.717, 1.165) is 37.4 Å². The zero-order valence-corrected chi connectivity index (χ0v) is 17.2. The van der Waals surface area contributed by atoms with Crippen LogP contribution in [0.5, 0.6) is 5.75 Å². The third-order valence-electron chi connectivity index (χ3n) is 5.50. The van der Waals surface area contributed by atoms with Gasteiger partial charge in [-0.05, 0) is 31.5 Å². The lowest BCUT2D eigenvalue weighted by Gasteiger charge is -2.39. The van der Waals surface area contributed by atoms with E-state index >= 15 is 0 Å².